The number of nitrogens with zero attached hydrogens (tertiary/aromatic N) is 5. The number of fused-ring (bicyclic) bond motifs is 1. The number of aryl methyl sites for hydroxylation is 1. The van der Waals surface area contributed by atoms with Gasteiger partial charge >= 0.3 is 0 Å². The number of para-hydroxylation sites is 1. The zero-order chi connectivity index (χ0) is 18.1. The lowest BCUT2D eigenvalue weighted by molar-refractivity contribution is 0.384. The number of benzene rings is 1. The van der Waals surface area contributed by atoms with Crippen LogP contribution in [0.1, 0.15) is 5.69 Å². The largest absolute Gasteiger partial charge is 0.352 e. The van der Waals surface area contributed by atoms with Crippen molar-refractivity contribution >= 4 is 26.7 Å². The van der Waals surface area contributed by atoms with Gasteiger partial charge in [-0.2, -0.15) is 9.40 Å². The summed E-state index contributed by atoms with van der Waals surface area (Å²) in [7, 11) is -3.59. The highest BCUT2D eigenvalue weighted by atomic mass is 32.2. The molecule has 1 aliphatic rings. The lowest BCUT2D eigenvalue weighted by atomic mass is 10.2. The molecule has 26 heavy (non-hydrogen) atoms. The van der Waals surface area contributed by atoms with Gasteiger partial charge in [-0.15, -0.1) is 5.10 Å². The summed E-state index contributed by atoms with van der Waals surface area (Å²) >= 11 is 0. The first-order valence-corrected chi connectivity index (χ1v) is 9.89. The van der Waals surface area contributed by atoms with Gasteiger partial charge in [-0.05, 0) is 31.2 Å². The number of anilines is 1. The second kappa shape index (κ2) is 6.62. The average molecular weight is 369 g/mol. The van der Waals surface area contributed by atoms with Gasteiger partial charge in [0, 0.05) is 37.8 Å². The fraction of sp³-hybridized carbons (Fsp3) is 0.278. The fourth-order valence-corrected chi connectivity index (χ4v) is 4.73. The van der Waals surface area contributed by atoms with E-state index in [1.54, 1.807) is 24.4 Å². The van der Waals surface area contributed by atoms with E-state index < -0.39 is 10.0 Å². The predicted molar refractivity (Wildman–Crippen MR) is 99.5 cm³/mol. The van der Waals surface area contributed by atoms with Crippen LogP contribution < -0.4 is 4.90 Å². The maximum Gasteiger partial charge on any atom is 0.245 e. The molecule has 0 bridgehead atoms. The molecule has 0 aliphatic carbocycles. The van der Waals surface area contributed by atoms with E-state index in [2.05, 4.69) is 20.1 Å². The summed E-state index contributed by atoms with van der Waals surface area (Å²) in [6, 6.07) is 12.8. The van der Waals surface area contributed by atoms with Gasteiger partial charge in [-0.3, -0.25) is 4.98 Å². The molecule has 3 heterocycles. The Balaban J connectivity index is 1.57. The molecule has 0 saturated carbocycles. The highest BCUT2D eigenvalue weighted by Crippen LogP contribution is 2.25. The van der Waals surface area contributed by atoms with Crippen molar-refractivity contribution in [2.45, 2.75) is 11.8 Å². The first kappa shape index (κ1) is 16.9. The molecule has 0 amide bonds. The van der Waals surface area contributed by atoms with Crippen LogP contribution in [0.25, 0.3) is 10.9 Å². The molecule has 0 radical (unpaired) electrons. The Kier molecular flexibility index (Phi) is 4.29. The predicted octanol–water partition coefficient (Wildman–Crippen LogP) is 1.84. The van der Waals surface area contributed by atoms with Crippen molar-refractivity contribution < 1.29 is 8.42 Å². The second-order valence-corrected chi connectivity index (χ2v) is 8.16. The quantitative estimate of drug-likeness (QED) is 0.701. The van der Waals surface area contributed by atoms with Gasteiger partial charge in [0.2, 0.25) is 10.0 Å². The minimum Gasteiger partial charge on any atom is -0.352 e. The van der Waals surface area contributed by atoms with E-state index in [1.165, 1.54) is 4.31 Å². The third kappa shape index (κ3) is 3.02. The van der Waals surface area contributed by atoms with E-state index >= 15 is 0 Å². The number of piperazine rings is 1. The average Bonchev–Trinajstić information content (AvgIpc) is 2.68. The molecule has 2 aromatic heterocycles. The number of rotatable bonds is 3. The summed E-state index contributed by atoms with van der Waals surface area (Å²) in [4.78, 5) is 6.60. The van der Waals surface area contributed by atoms with Crippen LogP contribution in [-0.2, 0) is 10.0 Å². The van der Waals surface area contributed by atoms with E-state index in [0.717, 1.165) is 16.9 Å². The zero-order valence-corrected chi connectivity index (χ0v) is 15.2. The van der Waals surface area contributed by atoms with Gasteiger partial charge in [0.15, 0.2) is 5.82 Å². The number of hydrogen-bond acceptors (Lipinski definition) is 6. The minimum atomic E-state index is -3.59. The molecule has 1 saturated heterocycles. The maximum atomic E-state index is 13.1. The maximum absolute atomic E-state index is 13.1. The summed E-state index contributed by atoms with van der Waals surface area (Å²) in [5.41, 5.74) is 1.38. The number of aromatic nitrogens is 3. The Bertz CT molecular complexity index is 1020. The van der Waals surface area contributed by atoms with E-state index in [9.17, 15) is 8.42 Å². The molecule has 4 rings (SSSR count). The van der Waals surface area contributed by atoms with Crippen LogP contribution >= 0.6 is 0 Å². The summed E-state index contributed by atoms with van der Waals surface area (Å²) in [5, 5.41) is 9.08. The second-order valence-electron chi connectivity index (χ2n) is 6.26. The fourth-order valence-electron chi connectivity index (χ4n) is 3.14. The van der Waals surface area contributed by atoms with E-state index in [0.29, 0.717) is 31.7 Å². The van der Waals surface area contributed by atoms with Gasteiger partial charge in [-0.25, -0.2) is 8.42 Å². The smallest absolute Gasteiger partial charge is 0.245 e. The van der Waals surface area contributed by atoms with Gasteiger partial charge < -0.3 is 4.90 Å². The van der Waals surface area contributed by atoms with Crippen LogP contribution in [0.4, 0.5) is 5.82 Å². The molecule has 7 nitrogen and oxygen atoms in total. The summed E-state index contributed by atoms with van der Waals surface area (Å²) in [6.45, 7) is 3.85. The van der Waals surface area contributed by atoms with Crippen LogP contribution in [0, 0.1) is 6.92 Å². The van der Waals surface area contributed by atoms with Crippen molar-refractivity contribution in [1.29, 1.82) is 0 Å². The van der Waals surface area contributed by atoms with Crippen molar-refractivity contribution in [2.24, 2.45) is 0 Å². The summed E-state index contributed by atoms with van der Waals surface area (Å²) in [5.74, 6) is 0.777. The van der Waals surface area contributed by atoms with Crippen LogP contribution in [0.15, 0.2) is 53.6 Å². The topological polar surface area (TPSA) is 79.3 Å². The lowest BCUT2D eigenvalue weighted by Crippen LogP contribution is -2.49. The third-order valence-electron chi connectivity index (χ3n) is 4.56. The third-order valence-corrected chi connectivity index (χ3v) is 6.49. The zero-order valence-electron chi connectivity index (χ0n) is 14.4. The number of sulfonamides is 1. The Hall–Kier alpha value is -2.58. The molecule has 0 atom stereocenters. The van der Waals surface area contributed by atoms with Crippen molar-refractivity contribution in [3.63, 3.8) is 0 Å². The Morgan fingerprint density at radius 2 is 1.69 bits per heavy atom. The van der Waals surface area contributed by atoms with Gasteiger partial charge in [0.1, 0.15) is 4.90 Å². The molecule has 134 valence electrons. The molecular formula is C18H19N5O2S. The van der Waals surface area contributed by atoms with Gasteiger partial charge in [-0.1, -0.05) is 18.2 Å². The van der Waals surface area contributed by atoms with Gasteiger partial charge in [0.05, 0.1) is 11.2 Å². The van der Waals surface area contributed by atoms with Crippen molar-refractivity contribution in [1.82, 2.24) is 19.5 Å². The highest BCUT2D eigenvalue weighted by molar-refractivity contribution is 7.89. The Morgan fingerprint density at radius 3 is 2.42 bits per heavy atom. The lowest BCUT2D eigenvalue weighted by Gasteiger charge is -2.34. The van der Waals surface area contributed by atoms with Crippen LogP contribution in [0.2, 0.25) is 0 Å². The van der Waals surface area contributed by atoms with E-state index in [4.69, 9.17) is 0 Å². The van der Waals surface area contributed by atoms with Crippen molar-refractivity contribution in [3.8, 4) is 0 Å². The molecule has 0 spiro atoms. The SMILES string of the molecule is Cc1ccc(N2CCN(S(=O)(=O)c3cccc4cccnc34)CC2)nn1. The first-order valence-electron chi connectivity index (χ1n) is 8.45. The molecule has 1 aliphatic heterocycles. The molecule has 8 heteroatoms. The molecule has 1 aromatic carbocycles. The van der Waals surface area contributed by atoms with Gasteiger partial charge in [0.25, 0.3) is 0 Å². The molecule has 3 aromatic rings. The summed E-state index contributed by atoms with van der Waals surface area (Å²) < 4.78 is 27.8. The van der Waals surface area contributed by atoms with E-state index in [-0.39, 0.29) is 4.90 Å². The summed E-state index contributed by atoms with van der Waals surface area (Å²) in [6.07, 6.45) is 1.62. The highest BCUT2D eigenvalue weighted by Gasteiger charge is 2.30. The standard InChI is InChI=1S/C18H19N5O2S/c1-14-7-8-17(21-20-14)22-10-12-23(13-11-22)26(24,25)16-6-2-4-15-5-3-9-19-18(15)16/h2-9H,10-13H2,1H3. The molecule has 0 unspecified atom stereocenters. The number of pyridine rings is 1. The molecular weight excluding hydrogens is 350 g/mol. The van der Waals surface area contributed by atoms with Crippen LogP contribution in [-0.4, -0.2) is 54.1 Å². The molecule has 0 N–H and O–H groups in total. The molecule has 1 fully saturated rings. The Morgan fingerprint density at radius 1 is 0.923 bits per heavy atom. The van der Waals surface area contributed by atoms with Crippen molar-refractivity contribution in [2.75, 3.05) is 31.1 Å². The van der Waals surface area contributed by atoms with Crippen molar-refractivity contribution in [3.05, 3.63) is 54.4 Å². The Labute approximate surface area is 152 Å². The normalized spacial score (nSPS) is 16.1. The first-order chi connectivity index (χ1) is 12.6. The number of hydrogen-bond donors (Lipinski definition) is 0. The monoisotopic (exact) mass is 369 g/mol. The van der Waals surface area contributed by atoms with E-state index in [1.807, 2.05) is 31.2 Å². The minimum absolute atomic E-state index is 0.263. The van der Waals surface area contributed by atoms with Crippen LogP contribution in [0.5, 0.6) is 0 Å². The van der Waals surface area contributed by atoms with Crippen LogP contribution in [0.3, 0.4) is 0 Å².